The summed E-state index contributed by atoms with van der Waals surface area (Å²) in [7, 11) is -3.16. The van der Waals surface area contributed by atoms with Crippen LogP contribution in [-0.2, 0) is 9.84 Å². The van der Waals surface area contributed by atoms with Crippen molar-refractivity contribution < 1.29 is 13.2 Å². The third-order valence-corrected chi connectivity index (χ3v) is 5.95. The smallest absolute Gasteiger partial charge is 0.256 e. The highest BCUT2D eigenvalue weighted by atomic mass is 32.2. The highest BCUT2D eigenvalue weighted by molar-refractivity contribution is 7.91. The van der Waals surface area contributed by atoms with Crippen molar-refractivity contribution in [2.45, 2.75) is 25.0 Å². The molecular formula is C16H20N4O3S. The molecule has 1 saturated heterocycles. The van der Waals surface area contributed by atoms with E-state index in [1.807, 2.05) is 25.1 Å². The summed E-state index contributed by atoms with van der Waals surface area (Å²) < 4.78 is 25.4. The summed E-state index contributed by atoms with van der Waals surface area (Å²) in [4.78, 5) is 14.7. The van der Waals surface area contributed by atoms with E-state index in [0.29, 0.717) is 30.6 Å². The van der Waals surface area contributed by atoms with Gasteiger partial charge in [0, 0.05) is 19.3 Å². The Bertz CT molecular complexity index is 846. The molecule has 3 rings (SSSR count). The number of piperidine rings is 1. The predicted octanol–water partition coefficient (Wildman–Crippen LogP) is 1.22. The van der Waals surface area contributed by atoms with E-state index in [4.69, 9.17) is 0 Å². The van der Waals surface area contributed by atoms with Crippen LogP contribution >= 0.6 is 0 Å². The van der Waals surface area contributed by atoms with Crippen molar-refractivity contribution in [3.05, 3.63) is 42.0 Å². The maximum atomic E-state index is 13.0. The maximum Gasteiger partial charge on any atom is 0.256 e. The zero-order valence-electron chi connectivity index (χ0n) is 13.7. The second-order valence-electron chi connectivity index (χ2n) is 6.23. The molecule has 2 aromatic rings. The Hall–Kier alpha value is -2.22. The molecular weight excluding hydrogens is 328 g/mol. The molecule has 2 heterocycles. The monoisotopic (exact) mass is 348 g/mol. The fourth-order valence-corrected chi connectivity index (χ4v) is 4.06. The van der Waals surface area contributed by atoms with Gasteiger partial charge in [-0.25, -0.2) is 8.42 Å². The van der Waals surface area contributed by atoms with Crippen LogP contribution in [0.25, 0.3) is 5.69 Å². The van der Waals surface area contributed by atoms with Crippen LogP contribution in [0.3, 0.4) is 0 Å². The summed E-state index contributed by atoms with van der Waals surface area (Å²) in [6.07, 6.45) is 5.61. The first-order valence-electron chi connectivity index (χ1n) is 7.80. The van der Waals surface area contributed by atoms with Gasteiger partial charge in [0.2, 0.25) is 0 Å². The van der Waals surface area contributed by atoms with Crippen LogP contribution in [0.4, 0.5) is 0 Å². The Morgan fingerprint density at radius 3 is 2.62 bits per heavy atom. The molecule has 0 aliphatic carbocycles. The molecule has 0 saturated carbocycles. The summed E-state index contributed by atoms with van der Waals surface area (Å²) in [5, 5.41) is 7.09. The summed E-state index contributed by atoms with van der Waals surface area (Å²) in [5.41, 5.74) is 2.19. The van der Waals surface area contributed by atoms with Crippen molar-refractivity contribution in [1.29, 1.82) is 0 Å². The van der Waals surface area contributed by atoms with Crippen molar-refractivity contribution in [3.63, 3.8) is 0 Å². The molecule has 1 unspecified atom stereocenters. The highest BCUT2D eigenvalue weighted by Gasteiger charge is 2.31. The van der Waals surface area contributed by atoms with Crippen molar-refractivity contribution in [2.75, 3.05) is 19.3 Å². The standard InChI is InChI=1S/C16H20N4O3S/c1-12-5-6-15(20-10-17-18-11-20)14(8-12)16(21)19-7-3-4-13(9-19)24(2,22)23/h5-6,8,10-11,13H,3-4,7,9H2,1-2H3. The molecule has 8 heteroatoms. The molecule has 24 heavy (non-hydrogen) atoms. The predicted molar refractivity (Wildman–Crippen MR) is 89.9 cm³/mol. The molecule has 0 radical (unpaired) electrons. The number of carbonyl (C=O) groups excluding carboxylic acids is 1. The van der Waals surface area contributed by atoms with Crippen LogP contribution in [0.5, 0.6) is 0 Å². The van der Waals surface area contributed by atoms with E-state index in [9.17, 15) is 13.2 Å². The van der Waals surface area contributed by atoms with Gasteiger partial charge >= 0.3 is 0 Å². The third kappa shape index (κ3) is 3.33. The van der Waals surface area contributed by atoms with E-state index in [0.717, 1.165) is 5.56 Å². The number of likely N-dealkylation sites (tertiary alicyclic amines) is 1. The number of rotatable bonds is 3. The average Bonchev–Trinajstić information content (AvgIpc) is 3.07. The van der Waals surface area contributed by atoms with Gasteiger partial charge in [-0.15, -0.1) is 10.2 Å². The minimum atomic E-state index is -3.16. The van der Waals surface area contributed by atoms with E-state index in [1.165, 1.54) is 18.9 Å². The number of carbonyl (C=O) groups is 1. The van der Waals surface area contributed by atoms with Crippen LogP contribution < -0.4 is 0 Å². The molecule has 128 valence electrons. The zero-order chi connectivity index (χ0) is 17.3. The molecule has 0 spiro atoms. The number of aryl methyl sites for hydroxylation is 1. The topological polar surface area (TPSA) is 85.2 Å². The first kappa shape index (κ1) is 16.6. The number of sulfone groups is 1. The SMILES string of the molecule is Cc1ccc(-n2cnnc2)c(C(=O)N2CCCC(S(C)(=O)=O)C2)c1. The van der Waals surface area contributed by atoms with E-state index >= 15 is 0 Å². The van der Waals surface area contributed by atoms with Crippen LogP contribution in [0.15, 0.2) is 30.9 Å². The van der Waals surface area contributed by atoms with Crippen molar-refractivity contribution >= 4 is 15.7 Å². The molecule has 1 aliphatic heterocycles. The molecule has 0 bridgehead atoms. The van der Waals surface area contributed by atoms with Gasteiger partial charge in [-0.2, -0.15) is 0 Å². The summed E-state index contributed by atoms with van der Waals surface area (Å²) in [6, 6.07) is 5.59. The zero-order valence-corrected chi connectivity index (χ0v) is 14.5. The van der Waals surface area contributed by atoms with Crippen LogP contribution in [-0.4, -0.2) is 58.6 Å². The fraction of sp³-hybridized carbons (Fsp3) is 0.438. The van der Waals surface area contributed by atoms with E-state index in [-0.39, 0.29) is 12.5 Å². The molecule has 1 aliphatic rings. The van der Waals surface area contributed by atoms with Gasteiger partial charge in [0.25, 0.3) is 5.91 Å². The molecule has 1 amide bonds. The minimum Gasteiger partial charge on any atom is -0.337 e. The Morgan fingerprint density at radius 2 is 1.96 bits per heavy atom. The first-order chi connectivity index (χ1) is 11.4. The molecule has 0 N–H and O–H groups in total. The number of amides is 1. The lowest BCUT2D eigenvalue weighted by Crippen LogP contribution is -2.45. The first-order valence-corrected chi connectivity index (χ1v) is 9.75. The number of hydrogen-bond donors (Lipinski definition) is 0. The van der Waals surface area contributed by atoms with Crippen LogP contribution in [0.1, 0.15) is 28.8 Å². The Labute approximate surface area is 141 Å². The van der Waals surface area contributed by atoms with Gasteiger partial charge < -0.3 is 4.90 Å². The Morgan fingerprint density at radius 1 is 1.25 bits per heavy atom. The third-order valence-electron chi connectivity index (χ3n) is 4.35. The Balaban J connectivity index is 1.94. The van der Waals surface area contributed by atoms with Crippen molar-refractivity contribution in [1.82, 2.24) is 19.7 Å². The largest absolute Gasteiger partial charge is 0.337 e. The summed E-state index contributed by atoms with van der Waals surface area (Å²) in [6.45, 7) is 2.73. The van der Waals surface area contributed by atoms with Gasteiger partial charge in [-0.1, -0.05) is 11.6 Å². The van der Waals surface area contributed by atoms with Gasteiger partial charge in [0.15, 0.2) is 9.84 Å². The number of nitrogens with zero attached hydrogens (tertiary/aromatic N) is 4. The van der Waals surface area contributed by atoms with E-state index in [1.54, 1.807) is 9.47 Å². The highest BCUT2D eigenvalue weighted by Crippen LogP contribution is 2.22. The van der Waals surface area contributed by atoms with Gasteiger partial charge in [0.1, 0.15) is 12.7 Å². The lowest BCUT2D eigenvalue weighted by Gasteiger charge is -2.32. The number of aromatic nitrogens is 3. The maximum absolute atomic E-state index is 13.0. The second-order valence-corrected chi connectivity index (χ2v) is 8.56. The van der Waals surface area contributed by atoms with E-state index < -0.39 is 15.1 Å². The van der Waals surface area contributed by atoms with Crippen molar-refractivity contribution in [2.24, 2.45) is 0 Å². The minimum absolute atomic E-state index is 0.157. The van der Waals surface area contributed by atoms with Gasteiger partial charge in [0.05, 0.1) is 16.5 Å². The number of hydrogen-bond acceptors (Lipinski definition) is 5. The van der Waals surface area contributed by atoms with Crippen LogP contribution in [0.2, 0.25) is 0 Å². The average molecular weight is 348 g/mol. The molecule has 1 atom stereocenters. The number of benzene rings is 1. The molecule has 1 fully saturated rings. The van der Waals surface area contributed by atoms with Crippen LogP contribution in [0, 0.1) is 6.92 Å². The molecule has 1 aromatic heterocycles. The van der Waals surface area contributed by atoms with E-state index in [2.05, 4.69) is 10.2 Å². The lowest BCUT2D eigenvalue weighted by atomic mass is 10.1. The summed E-state index contributed by atoms with van der Waals surface area (Å²) >= 11 is 0. The normalized spacial score (nSPS) is 18.6. The lowest BCUT2D eigenvalue weighted by molar-refractivity contribution is 0.0727. The Kier molecular flexibility index (Phi) is 4.40. The summed E-state index contributed by atoms with van der Waals surface area (Å²) in [5.74, 6) is -0.157. The molecule has 1 aromatic carbocycles. The fourth-order valence-electron chi connectivity index (χ4n) is 3.01. The van der Waals surface area contributed by atoms with Gasteiger partial charge in [-0.05, 0) is 31.9 Å². The van der Waals surface area contributed by atoms with Crippen molar-refractivity contribution in [3.8, 4) is 5.69 Å². The quantitative estimate of drug-likeness (QED) is 0.833. The van der Waals surface area contributed by atoms with Gasteiger partial charge in [-0.3, -0.25) is 9.36 Å². The second kappa shape index (κ2) is 6.35. The molecule has 7 nitrogen and oxygen atoms in total.